The molecule has 0 aliphatic heterocycles. The summed E-state index contributed by atoms with van der Waals surface area (Å²) in [7, 11) is 1.26. The van der Waals surface area contributed by atoms with E-state index in [9.17, 15) is 14.4 Å². The van der Waals surface area contributed by atoms with Crippen molar-refractivity contribution in [3.63, 3.8) is 0 Å². The van der Waals surface area contributed by atoms with Crippen LogP contribution in [0.25, 0.3) is 0 Å². The van der Waals surface area contributed by atoms with Gasteiger partial charge in [0.25, 0.3) is 0 Å². The van der Waals surface area contributed by atoms with E-state index in [4.69, 9.17) is 14.2 Å². The van der Waals surface area contributed by atoms with Crippen LogP contribution in [0.15, 0.2) is 24.3 Å². The summed E-state index contributed by atoms with van der Waals surface area (Å²) in [6.07, 6.45) is 0.110. The van der Waals surface area contributed by atoms with Crippen LogP contribution in [0.2, 0.25) is 0 Å². The molecule has 1 aromatic carbocycles. The van der Waals surface area contributed by atoms with E-state index in [1.54, 1.807) is 38.1 Å². The van der Waals surface area contributed by atoms with Gasteiger partial charge >= 0.3 is 11.9 Å². The first-order valence-electron chi connectivity index (χ1n) is 8.81. The quantitative estimate of drug-likeness (QED) is 0.675. The molecule has 2 aromatic rings. The number of amides is 1. The van der Waals surface area contributed by atoms with Crippen LogP contribution in [0.1, 0.15) is 45.0 Å². The van der Waals surface area contributed by atoms with Crippen LogP contribution in [-0.2, 0) is 20.7 Å². The molecule has 0 saturated carbocycles. The van der Waals surface area contributed by atoms with Crippen LogP contribution in [0.5, 0.6) is 5.75 Å². The Balaban J connectivity index is 2.22. The predicted octanol–water partition coefficient (Wildman–Crippen LogP) is 3.60. The number of benzene rings is 1. The number of carbonyl (C=O) groups is 3. The monoisotopic (exact) mass is 405 g/mol. The van der Waals surface area contributed by atoms with Gasteiger partial charge < -0.3 is 19.5 Å². The van der Waals surface area contributed by atoms with Crippen molar-refractivity contribution in [2.24, 2.45) is 0 Å². The third-order valence-corrected chi connectivity index (χ3v) is 5.04. The number of esters is 2. The minimum absolute atomic E-state index is 0.110. The third-order valence-electron chi connectivity index (χ3n) is 3.85. The zero-order chi connectivity index (χ0) is 20.7. The molecule has 150 valence electrons. The minimum atomic E-state index is -0.595. The van der Waals surface area contributed by atoms with Crippen molar-refractivity contribution >= 4 is 34.2 Å². The molecule has 8 heteroatoms. The summed E-state index contributed by atoms with van der Waals surface area (Å²) in [5, 5.41) is 2.99. The number of anilines is 1. The Bertz CT molecular complexity index is 856. The standard InChI is InChI=1S/C20H23NO6S/c1-5-26-14-9-7-13(8-10-14)11-15(22)21-18-16(19(23)27-6-2)12(3)17(28-18)20(24)25-4/h7-10H,5-6,11H2,1-4H3,(H,21,22). The van der Waals surface area contributed by atoms with Gasteiger partial charge in [0, 0.05) is 0 Å². The molecule has 7 nitrogen and oxygen atoms in total. The molecule has 0 unspecified atom stereocenters. The topological polar surface area (TPSA) is 90.9 Å². The first kappa shape index (κ1) is 21.4. The molecular weight excluding hydrogens is 382 g/mol. The number of hydrogen-bond donors (Lipinski definition) is 1. The molecule has 0 bridgehead atoms. The van der Waals surface area contributed by atoms with Gasteiger partial charge in [-0.15, -0.1) is 11.3 Å². The van der Waals surface area contributed by atoms with Crippen molar-refractivity contribution in [1.29, 1.82) is 0 Å². The van der Waals surface area contributed by atoms with E-state index < -0.39 is 11.9 Å². The average Bonchev–Trinajstić information content (AvgIpc) is 2.99. The maximum Gasteiger partial charge on any atom is 0.348 e. The molecule has 0 fully saturated rings. The first-order chi connectivity index (χ1) is 13.4. The zero-order valence-corrected chi connectivity index (χ0v) is 17.1. The van der Waals surface area contributed by atoms with Gasteiger partial charge in [0.1, 0.15) is 15.6 Å². The zero-order valence-electron chi connectivity index (χ0n) is 16.3. The maximum atomic E-state index is 12.5. The second-order valence-corrected chi connectivity index (χ2v) is 6.79. The van der Waals surface area contributed by atoms with Gasteiger partial charge in [-0.05, 0) is 44.0 Å². The Hall–Kier alpha value is -2.87. The van der Waals surface area contributed by atoms with Gasteiger partial charge in [-0.1, -0.05) is 12.1 Å². The van der Waals surface area contributed by atoms with Gasteiger partial charge in [-0.2, -0.15) is 0 Å². The van der Waals surface area contributed by atoms with Gasteiger partial charge in [-0.3, -0.25) is 4.79 Å². The Morgan fingerprint density at radius 3 is 2.29 bits per heavy atom. The van der Waals surface area contributed by atoms with Crippen molar-refractivity contribution in [2.75, 3.05) is 25.6 Å². The molecule has 1 aromatic heterocycles. The lowest BCUT2D eigenvalue weighted by atomic mass is 10.1. The lowest BCUT2D eigenvalue weighted by Crippen LogP contribution is -2.16. The van der Waals surface area contributed by atoms with Crippen LogP contribution in [0.4, 0.5) is 5.00 Å². The summed E-state index contributed by atoms with van der Waals surface area (Å²) in [4.78, 5) is 37.0. The van der Waals surface area contributed by atoms with Gasteiger partial charge in [0.15, 0.2) is 0 Å². The van der Waals surface area contributed by atoms with Crippen molar-refractivity contribution in [1.82, 2.24) is 0 Å². The highest BCUT2D eigenvalue weighted by atomic mass is 32.1. The van der Waals surface area contributed by atoms with Crippen molar-refractivity contribution in [3.05, 3.63) is 45.8 Å². The number of thiophene rings is 1. The van der Waals surface area contributed by atoms with Crippen LogP contribution in [0, 0.1) is 6.92 Å². The lowest BCUT2D eigenvalue weighted by molar-refractivity contribution is -0.115. The summed E-state index contributed by atoms with van der Waals surface area (Å²) in [5.41, 5.74) is 1.39. The highest BCUT2D eigenvalue weighted by Gasteiger charge is 2.27. The van der Waals surface area contributed by atoms with Crippen LogP contribution < -0.4 is 10.1 Å². The smallest absolute Gasteiger partial charge is 0.348 e. The molecule has 0 atom stereocenters. The van der Waals surface area contributed by atoms with E-state index in [-0.39, 0.29) is 34.4 Å². The Labute approximate surface area is 167 Å². The Morgan fingerprint density at radius 2 is 1.71 bits per heavy atom. The third kappa shape index (κ3) is 5.10. The van der Waals surface area contributed by atoms with Crippen LogP contribution in [0.3, 0.4) is 0 Å². The average molecular weight is 405 g/mol. The fourth-order valence-electron chi connectivity index (χ4n) is 2.56. The molecule has 1 N–H and O–H groups in total. The van der Waals surface area contributed by atoms with E-state index in [2.05, 4.69) is 5.32 Å². The summed E-state index contributed by atoms with van der Waals surface area (Å²) < 4.78 is 15.2. The van der Waals surface area contributed by atoms with E-state index in [0.29, 0.717) is 12.2 Å². The lowest BCUT2D eigenvalue weighted by Gasteiger charge is -2.08. The Morgan fingerprint density at radius 1 is 1.04 bits per heavy atom. The van der Waals surface area contributed by atoms with Gasteiger partial charge in [0.2, 0.25) is 5.91 Å². The molecule has 0 saturated heterocycles. The first-order valence-corrected chi connectivity index (χ1v) is 9.63. The highest BCUT2D eigenvalue weighted by molar-refractivity contribution is 7.18. The highest BCUT2D eigenvalue weighted by Crippen LogP contribution is 2.34. The van der Waals surface area contributed by atoms with Crippen molar-refractivity contribution in [3.8, 4) is 5.75 Å². The molecule has 0 spiro atoms. The van der Waals surface area contributed by atoms with Crippen LogP contribution >= 0.6 is 11.3 Å². The molecule has 28 heavy (non-hydrogen) atoms. The molecule has 2 rings (SSSR count). The number of methoxy groups -OCH3 is 1. The summed E-state index contributed by atoms with van der Waals surface area (Å²) in [5.74, 6) is -0.747. The molecule has 1 heterocycles. The summed E-state index contributed by atoms with van der Waals surface area (Å²) >= 11 is 0.994. The van der Waals surface area contributed by atoms with E-state index >= 15 is 0 Å². The molecular formula is C20H23NO6S. The fraction of sp³-hybridized carbons (Fsp3) is 0.350. The molecule has 0 radical (unpaired) electrons. The second-order valence-electron chi connectivity index (χ2n) is 5.77. The number of carbonyl (C=O) groups excluding carboxylic acids is 3. The predicted molar refractivity (Wildman–Crippen MR) is 106 cm³/mol. The van der Waals surface area contributed by atoms with E-state index in [0.717, 1.165) is 22.6 Å². The second kappa shape index (κ2) is 9.89. The van der Waals surface area contributed by atoms with Crippen molar-refractivity contribution in [2.45, 2.75) is 27.2 Å². The Kier molecular flexibility index (Phi) is 7.57. The largest absolute Gasteiger partial charge is 0.494 e. The van der Waals surface area contributed by atoms with E-state index in [1.807, 2.05) is 6.92 Å². The normalized spacial score (nSPS) is 10.3. The van der Waals surface area contributed by atoms with Crippen molar-refractivity contribution < 1.29 is 28.6 Å². The van der Waals surface area contributed by atoms with Crippen LogP contribution in [-0.4, -0.2) is 38.2 Å². The SMILES string of the molecule is CCOC(=O)c1c(NC(=O)Cc2ccc(OCC)cc2)sc(C(=O)OC)c1C. The molecule has 1 amide bonds. The summed E-state index contributed by atoms with van der Waals surface area (Å²) in [6.45, 7) is 5.95. The van der Waals surface area contributed by atoms with Gasteiger partial charge in [-0.25, -0.2) is 9.59 Å². The number of ether oxygens (including phenoxy) is 3. The fourth-order valence-corrected chi connectivity index (χ4v) is 3.69. The minimum Gasteiger partial charge on any atom is -0.494 e. The molecule has 0 aliphatic rings. The van der Waals surface area contributed by atoms with Gasteiger partial charge in [0.05, 0.1) is 32.3 Å². The number of rotatable bonds is 8. The maximum absolute atomic E-state index is 12.5. The van der Waals surface area contributed by atoms with E-state index in [1.165, 1.54) is 7.11 Å². The summed E-state index contributed by atoms with van der Waals surface area (Å²) in [6, 6.07) is 7.19. The molecule has 0 aliphatic carbocycles. The number of nitrogens with one attached hydrogen (secondary N) is 1. The number of hydrogen-bond acceptors (Lipinski definition) is 7.